The third-order valence-corrected chi connectivity index (χ3v) is 2.69. The summed E-state index contributed by atoms with van der Waals surface area (Å²) in [5.41, 5.74) is 0.878. The van der Waals surface area contributed by atoms with Crippen molar-refractivity contribution in [1.82, 2.24) is 0 Å². The Balaban J connectivity index is 2.86. The summed E-state index contributed by atoms with van der Waals surface area (Å²) >= 11 is 14.9. The number of hydrogen-bond acceptors (Lipinski definition) is 1. The van der Waals surface area contributed by atoms with Gasteiger partial charge < -0.3 is 4.79 Å². The molecule has 0 fully saturated rings. The largest absolute Gasteiger partial charge is 0.302 e. The van der Waals surface area contributed by atoms with Gasteiger partial charge in [0.1, 0.15) is 6.29 Å². The Kier molecular flexibility index (Phi) is 4.23. The molecule has 1 atom stereocenters. The highest BCUT2D eigenvalue weighted by Crippen LogP contribution is 2.22. The van der Waals surface area contributed by atoms with Crippen molar-refractivity contribution in [2.75, 3.05) is 0 Å². The van der Waals surface area contributed by atoms with E-state index in [1.807, 2.05) is 12.1 Å². The van der Waals surface area contributed by atoms with Crippen LogP contribution in [0.25, 0.3) is 0 Å². The molecule has 0 amide bonds. The summed E-state index contributed by atoms with van der Waals surface area (Å²) in [6.07, 6.45) is 1.17. The summed E-state index contributed by atoms with van der Waals surface area (Å²) in [6, 6.07) is 5.48. The van der Waals surface area contributed by atoms with E-state index in [1.165, 1.54) is 0 Å². The van der Waals surface area contributed by atoms with E-state index in [9.17, 15) is 4.79 Å². The van der Waals surface area contributed by atoms with E-state index in [0.29, 0.717) is 17.7 Å². The van der Waals surface area contributed by atoms with E-state index >= 15 is 0 Å². The molecule has 0 saturated heterocycles. The number of benzene rings is 1. The monoisotopic (exact) mass is 280 g/mol. The fraction of sp³-hybridized carbons (Fsp3) is 0.222. The van der Waals surface area contributed by atoms with E-state index in [0.717, 1.165) is 10.0 Å². The first-order valence-electron chi connectivity index (χ1n) is 3.67. The SMILES string of the molecule is O=CC(Cl)Cc1cc(Br)ccc1Cl. The van der Waals surface area contributed by atoms with E-state index in [-0.39, 0.29) is 0 Å². The molecule has 0 spiro atoms. The minimum atomic E-state index is -0.508. The second-order valence-corrected chi connectivity index (χ2v) is 4.48. The van der Waals surface area contributed by atoms with Crippen molar-refractivity contribution >= 4 is 45.4 Å². The van der Waals surface area contributed by atoms with Crippen LogP contribution in [0.15, 0.2) is 22.7 Å². The van der Waals surface area contributed by atoms with Gasteiger partial charge >= 0.3 is 0 Å². The highest BCUT2D eigenvalue weighted by Gasteiger charge is 2.07. The summed E-state index contributed by atoms with van der Waals surface area (Å²) in [6.45, 7) is 0. The molecule has 0 N–H and O–H groups in total. The van der Waals surface area contributed by atoms with Crippen molar-refractivity contribution in [2.24, 2.45) is 0 Å². The van der Waals surface area contributed by atoms with E-state index < -0.39 is 5.38 Å². The smallest absolute Gasteiger partial charge is 0.138 e. The molecular weight excluding hydrogens is 275 g/mol. The van der Waals surface area contributed by atoms with Crippen LogP contribution in [-0.4, -0.2) is 11.7 Å². The van der Waals surface area contributed by atoms with Crippen LogP contribution in [0.5, 0.6) is 0 Å². The van der Waals surface area contributed by atoms with Gasteiger partial charge in [-0.3, -0.25) is 0 Å². The molecular formula is C9H7BrCl2O. The van der Waals surface area contributed by atoms with Crippen LogP contribution < -0.4 is 0 Å². The fourth-order valence-corrected chi connectivity index (χ4v) is 1.73. The van der Waals surface area contributed by atoms with Crippen molar-refractivity contribution in [2.45, 2.75) is 11.8 Å². The molecule has 0 bridgehead atoms. The lowest BCUT2D eigenvalue weighted by Crippen LogP contribution is -2.04. The zero-order valence-electron chi connectivity index (χ0n) is 6.64. The van der Waals surface area contributed by atoms with Gasteiger partial charge in [-0.05, 0) is 30.2 Å². The molecule has 1 nitrogen and oxygen atoms in total. The van der Waals surface area contributed by atoms with Crippen molar-refractivity contribution < 1.29 is 4.79 Å². The lowest BCUT2D eigenvalue weighted by atomic mass is 10.1. The molecule has 0 aliphatic carbocycles. The Bertz CT molecular complexity index is 314. The molecule has 1 aromatic carbocycles. The fourth-order valence-electron chi connectivity index (χ4n) is 0.958. The Morgan fingerprint density at radius 1 is 1.54 bits per heavy atom. The molecule has 0 aliphatic rings. The Hall–Kier alpha value is -0.0500. The molecule has 70 valence electrons. The third kappa shape index (κ3) is 3.29. The second kappa shape index (κ2) is 4.99. The average molecular weight is 282 g/mol. The predicted molar refractivity (Wildman–Crippen MR) is 58.6 cm³/mol. The standard InChI is InChI=1S/C9H7BrCl2O/c10-7-1-2-9(12)6(3-7)4-8(11)5-13/h1-3,5,8H,4H2. The molecule has 4 heteroatoms. The Labute approximate surface area is 95.2 Å². The highest BCUT2D eigenvalue weighted by molar-refractivity contribution is 9.10. The number of carbonyl (C=O) groups is 1. The lowest BCUT2D eigenvalue weighted by Gasteiger charge is -2.05. The molecule has 0 saturated carbocycles. The van der Waals surface area contributed by atoms with Gasteiger partial charge in [0.05, 0.1) is 5.38 Å². The maximum absolute atomic E-state index is 10.3. The van der Waals surface area contributed by atoms with E-state index in [2.05, 4.69) is 15.9 Å². The van der Waals surface area contributed by atoms with E-state index in [4.69, 9.17) is 23.2 Å². The first kappa shape index (κ1) is 11.0. The predicted octanol–water partition coefficient (Wildman–Crippen LogP) is 3.45. The summed E-state index contributed by atoms with van der Waals surface area (Å²) < 4.78 is 0.932. The Morgan fingerprint density at radius 2 is 2.23 bits per heavy atom. The molecule has 1 rings (SSSR count). The first-order chi connectivity index (χ1) is 6.13. The van der Waals surface area contributed by atoms with Crippen LogP contribution in [0.3, 0.4) is 0 Å². The van der Waals surface area contributed by atoms with Crippen LogP contribution in [-0.2, 0) is 11.2 Å². The van der Waals surface area contributed by atoms with Gasteiger partial charge in [-0.2, -0.15) is 0 Å². The quantitative estimate of drug-likeness (QED) is 0.613. The number of alkyl halides is 1. The van der Waals surface area contributed by atoms with Crippen LogP contribution in [0.2, 0.25) is 5.02 Å². The normalized spacial score (nSPS) is 12.5. The lowest BCUT2D eigenvalue weighted by molar-refractivity contribution is -0.107. The number of hydrogen-bond donors (Lipinski definition) is 0. The number of carbonyl (C=O) groups excluding carboxylic acids is 1. The number of aldehydes is 1. The van der Waals surface area contributed by atoms with Crippen LogP contribution in [0, 0.1) is 0 Å². The molecule has 1 unspecified atom stereocenters. The zero-order valence-corrected chi connectivity index (χ0v) is 9.73. The summed E-state index contributed by atoms with van der Waals surface area (Å²) in [4.78, 5) is 10.3. The minimum absolute atomic E-state index is 0.462. The van der Waals surface area contributed by atoms with Crippen molar-refractivity contribution in [1.29, 1.82) is 0 Å². The van der Waals surface area contributed by atoms with Gasteiger partial charge in [0.15, 0.2) is 0 Å². The molecule has 0 radical (unpaired) electrons. The van der Waals surface area contributed by atoms with Gasteiger partial charge in [-0.15, -0.1) is 11.6 Å². The van der Waals surface area contributed by atoms with E-state index in [1.54, 1.807) is 6.07 Å². The van der Waals surface area contributed by atoms with Crippen molar-refractivity contribution in [3.05, 3.63) is 33.3 Å². The summed E-state index contributed by atoms with van der Waals surface area (Å²) in [5.74, 6) is 0. The van der Waals surface area contributed by atoms with Gasteiger partial charge in [-0.25, -0.2) is 0 Å². The topological polar surface area (TPSA) is 17.1 Å². The molecule has 13 heavy (non-hydrogen) atoms. The van der Waals surface area contributed by atoms with Crippen LogP contribution in [0.1, 0.15) is 5.56 Å². The zero-order chi connectivity index (χ0) is 9.84. The molecule has 0 aliphatic heterocycles. The van der Waals surface area contributed by atoms with Gasteiger partial charge in [-0.1, -0.05) is 27.5 Å². The van der Waals surface area contributed by atoms with Crippen LogP contribution >= 0.6 is 39.1 Å². The third-order valence-electron chi connectivity index (χ3n) is 1.57. The number of halogens is 3. The van der Waals surface area contributed by atoms with Gasteiger partial charge in [0.2, 0.25) is 0 Å². The second-order valence-electron chi connectivity index (χ2n) is 2.59. The Morgan fingerprint density at radius 3 is 2.85 bits per heavy atom. The minimum Gasteiger partial charge on any atom is -0.302 e. The maximum atomic E-state index is 10.3. The molecule has 0 heterocycles. The van der Waals surface area contributed by atoms with Crippen molar-refractivity contribution in [3.8, 4) is 0 Å². The number of rotatable bonds is 3. The average Bonchev–Trinajstić information content (AvgIpc) is 2.11. The molecule has 0 aromatic heterocycles. The van der Waals surface area contributed by atoms with Crippen LogP contribution in [0.4, 0.5) is 0 Å². The van der Waals surface area contributed by atoms with Crippen molar-refractivity contribution in [3.63, 3.8) is 0 Å². The summed E-state index contributed by atoms with van der Waals surface area (Å²) in [7, 11) is 0. The summed E-state index contributed by atoms with van der Waals surface area (Å²) in [5, 5.41) is 0.127. The first-order valence-corrected chi connectivity index (χ1v) is 5.27. The van der Waals surface area contributed by atoms with Gasteiger partial charge in [0.25, 0.3) is 0 Å². The highest BCUT2D eigenvalue weighted by atomic mass is 79.9. The van der Waals surface area contributed by atoms with Gasteiger partial charge in [0, 0.05) is 9.50 Å². The maximum Gasteiger partial charge on any atom is 0.138 e. The molecule has 1 aromatic rings.